The Morgan fingerprint density at radius 3 is 2.63 bits per heavy atom. The molecule has 0 unspecified atom stereocenters. The molecule has 4 nitrogen and oxygen atoms in total. The van der Waals surface area contributed by atoms with Gasteiger partial charge >= 0.3 is 0 Å². The monoisotopic (exact) mass is 415 g/mol. The van der Waals surface area contributed by atoms with E-state index < -0.39 is 0 Å². The summed E-state index contributed by atoms with van der Waals surface area (Å²) in [5.41, 5.74) is 1.53. The molecule has 4 rings (SSSR count). The summed E-state index contributed by atoms with van der Waals surface area (Å²) < 4.78 is 0. The summed E-state index contributed by atoms with van der Waals surface area (Å²) in [5, 5.41) is 21.0. The molecule has 2 N–H and O–H groups in total. The number of hydrogen-bond acceptors (Lipinski definition) is 3. The van der Waals surface area contributed by atoms with Gasteiger partial charge in [0.1, 0.15) is 0 Å². The van der Waals surface area contributed by atoms with Crippen LogP contribution in [0.1, 0.15) is 83.5 Å². The quantitative estimate of drug-likeness (QED) is 0.471. The average molecular weight is 416 g/mol. The van der Waals surface area contributed by atoms with E-state index in [-0.39, 0.29) is 18.1 Å². The fourth-order valence-electron chi connectivity index (χ4n) is 6.50. The summed E-state index contributed by atoms with van der Waals surface area (Å²) in [7, 11) is 0. The van der Waals surface area contributed by atoms with Crippen LogP contribution in [-0.4, -0.2) is 46.3 Å². The zero-order valence-electron chi connectivity index (χ0n) is 18.6. The number of fused-ring (bicyclic) bond motifs is 1. The van der Waals surface area contributed by atoms with Gasteiger partial charge in [0.05, 0.1) is 12.2 Å². The Labute approximate surface area is 182 Å². The molecular weight excluding hydrogens is 374 g/mol. The first kappa shape index (κ1) is 22.1. The van der Waals surface area contributed by atoms with Crippen LogP contribution in [0.25, 0.3) is 0 Å². The minimum absolute atomic E-state index is 0.192. The number of likely N-dealkylation sites (tertiary alicyclic amines) is 1. The van der Waals surface area contributed by atoms with Crippen LogP contribution in [0.3, 0.4) is 0 Å². The van der Waals surface area contributed by atoms with Crippen molar-refractivity contribution < 1.29 is 15.0 Å². The van der Waals surface area contributed by atoms with Crippen LogP contribution >= 0.6 is 0 Å². The van der Waals surface area contributed by atoms with Crippen molar-refractivity contribution in [2.24, 2.45) is 23.7 Å². The highest BCUT2D eigenvalue weighted by molar-refractivity contribution is 5.76. The first-order valence-corrected chi connectivity index (χ1v) is 12.6. The van der Waals surface area contributed by atoms with Crippen molar-refractivity contribution in [3.8, 4) is 0 Å². The second-order valence-corrected chi connectivity index (χ2v) is 10.3. The van der Waals surface area contributed by atoms with Crippen LogP contribution in [0.15, 0.2) is 23.8 Å². The minimum Gasteiger partial charge on any atom is -0.392 e. The lowest BCUT2D eigenvalue weighted by molar-refractivity contribution is -0.132. The van der Waals surface area contributed by atoms with E-state index in [4.69, 9.17) is 0 Å². The molecule has 0 radical (unpaired) electrons. The van der Waals surface area contributed by atoms with Crippen molar-refractivity contribution in [3.63, 3.8) is 0 Å². The van der Waals surface area contributed by atoms with Gasteiger partial charge in [0, 0.05) is 25.4 Å². The standard InChI is InChI=1S/C26H41NO3/c28-24(20-9-3-4-10-20)13-12-22-23-17-19(16-21(23)18-25(22)29)8-2-5-11-26(30)27-14-6-1-7-15-27/h8,12-13,20-25,28-29H,1-7,9-11,14-18H2/b13-12+,19-8?/t21-,22+,23-,24-,25+/m0/s1. The molecule has 1 aliphatic heterocycles. The number of carbonyl (C=O) groups excluding carboxylic acids is 1. The third-order valence-corrected chi connectivity index (χ3v) is 8.26. The van der Waals surface area contributed by atoms with Gasteiger partial charge in [0.15, 0.2) is 0 Å². The van der Waals surface area contributed by atoms with Crippen LogP contribution in [0.4, 0.5) is 0 Å². The molecule has 30 heavy (non-hydrogen) atoms. The van der Waals surface area contributed by atoms with Crippen LogP contribution in [0, 0.1) is 23.7 Å². The van der Waals surface area contributed by atoms with Crippen LogP contribution in [0.2, 0.25) is 0 Å². The summed E-state index contributed by atoms with van der Waals surface area (Å²) >= 11 is 0. The number of carbonyl (C=O) groups is 1. The predicted octanol–water partition coefficient (Wildman–Crippen LogP) is 4.61. The lowest BCUT2D eigenvalue weighted by atomic mass is 9.89. The van der Waals surface area contributed by atoms with Gasteiger partial charge in [0.25, 0.3) is 0 Å². The number of amides is 1. The van der Waals surface area contributed by atoms with Gasteiger partial charge in [-0.3, -0.25) is 4.79 Å². The van der Waals surface area contributed by atoms with Crippen LogP contribution in [0.5, 0.6) is 0 Å². The van der Waals surface area contributed by atoms with Crippen LogP contribution in [-0.2, 0) is 4.79 Å². The molecule has 0 aromatic carbocycles. The van der Waals surface area contributed by atoms with E-state index in [1.165, 1.54) is 24.8 Å². The third-order valence-electron chi connectivity index (χ3n) is 8.26. The highest BCUT2D eigenvalue weighted by atomic mass is 16.3. The molecule has 0 aromatic rings. The number of rotatable bonds is 7. The van der Waals surface area contributed by atoms with Gasteiger partial charge in [-0.25, -0.2) is 0 Å². The topological polar surface area (TPSA) is 60.8 Å². The van der Waals surface area contributed by atoms with Gasteiger partial charge in [-0.1, -0.05) is 36.6 Å². The van der Waals surface area contributed by atoms with E-state index in [0.29, 0.717) is 30.1 Å². The van der Waals surface area contributed by atoms with E-state index in [0.717, 1.165) is 70.9 Å². The largest absolute Gasteiger partial charge is 0.392 e. The molecule has 1 heterocycles. The van der Waals surface area contributed by atoms with Gasteiger partial charge in [0.2, 0.25) is 5.91 Å². The fraction of sp³-hybridized carbons (Fsp3) is 0.808. The Balaban J connectivity index is 1.22. The Kier molecular flexibility index (Phi) is 7.69. The Bertz CT molecular complexity index is 630. The third kappa shape index (κ3) is 5.37. The Morgan fingerprint density at radius 2 is 1.87 bits per heavy atom. The van der Waals surface area contributed by atoms with Crippen molar-refractivity contribution in [2.45, 2.75) is 95.7 Å². The molecule has 168 valence electrons. The first-order chi connectivity index (χ1) is 14.6. The number of piperidine rings is 1. The summed E-state index contributed by atoms with van der Waals surface area (Å²) in [5.74, 6) is 2.05. The molecule has 4 aliphatic rings. The van der Waals surface area contributed by atoms with Crippen molar-refractivity contribution in [1.29, 1.82) is 0 Å². The molecule has 1 saturated heterocycles. The number of aliphatic hydroxyl groups excluding tert-OH is 2. The molecule has 0 bridgehead atoms. The maximum atomic E-state index is 12.3. The average Bonchev–Trinajstić information content (AvgIpc) is 3.47. The SMILES string of the molecule is O=C(CCCC=C1C[C@H]2C[C@@H](O)[C@H](/C=C/[C@H](O)C3CCCC3)[C@H]2C1)N1CCCCC1. The lowest BCUT2D eigenvalue weighted by Gasteiger charge is -2.26. The zero-order valence-corrected chi connectivity index (χ0v) is 18.6. The molecule has 0 aromatic heterocycles. The lowest BCUT2D eigenvalue weighted by Crippen LogP contribution is -2.35. The molecule has 3 saturated carbocycles. The smallest absolute Gasteiger partial charge is 0.222 e. The second-order valence-electron chi connectivity index (χ2n) is 10.3. The van der Waals surface area contributed by atoms with Gasteiger partial charge in [-0.15, -0.1) is 0 Å². The highest BCUT2D eigenvalue weighted by Crippen LogP contribution is 2.50. The molecule has 4 heteroatoms. The van der Waals surface area contributed by atoms with Crippen molar-refractivity contribution in [1.82, 2.24) is 4.90 Å². The number of unbranched alkanes of at least 4 members (excludes halogenated alkanes) is 1. The molecule has 5 atom stereocenters. The zero-order chi connectivity index (χ0) is 20.9. The number of aliphatic hydroxyl groups is 2. The highest BCUT2D eigenvalue weighted by Gasteiger charge is 2.45. The number of allylic oxidation sites excluding steroid dienone is 2. The van der Waals surface area contributed by atoms with E-state index >= 15 is 0 Å². The summed E-state index contributed by atoms with van der Waals surface area (Å²) in [6, 6.07) is 0. The van der Waals surface area contributed by atoms with Gasteiger partial charge in [-0.05, 0) is 82.0 Å². The van der Waals surface area contributed by atoms with Crippen molar-refractivity contribution in [3.05, 3.63) is 23.8 Å². The summed E-state index contributed by atoms with van der Waals surface area (Å²) in [6.07, 6.45) is 20.0. The molecular formula is C26H41NO3. The molecule has 3 aliphatic carbocycles. The van der Waals surface area contributed by atoms with Crippen LogP contribution < -0.4 is 0 Å². The normalized spacial score (nSPS) is 34.9. The summed E-state index contributed by atoms with van der Waals surface area (Å²) in [4.78, 5) is 14.4. The number of nitrogens with zero attached hydrogens (tertiary/aromatic N) is 1. The maximum Gasteiger partial charge on any atom is 0.222 e. The predicted molar refractivity (Wildman–Crippen MR) is 120 cm³/mol. The molecule has 0 spiro atoms. The minimum atomic E-state index is -0.340. The maximum absolute atomic E-state index is 12.3. The summed E-state index contributed by atoms with van der Waals surface area (Å²) in [6.45, 7) is 1.91. The van der Waals surface area contributed by atoms with E-state index in [9.17, 15) is 15.0 Å². The fourth-order valence-corrected chi connectivity index (χ4v) is 6.50. The Morgan fingerprint density at radius 1 is 1.10 bits per heavy atom. The second kappa shape index (κ2) is 10.5. The Hall–Kier alpha value is -1.13. The first-order valence-electron chi connectivity index (χ1n) is 12.6. The van der Waals surface area contributed by atoms with E-state index in [1.54, 1.807) is 0 Å². The van der Waals surface area contributed by atoms with Gasteiger partial charge in [-0.2, -0.15) is 0 Å². The number of hydrogen-bond donors (Lipinski definition) is 2. The molecule has 1 amide bonds. The van der Waals surface area contributed by atoms with E-state index in [2.05, 4.69) is 17.1 Å². The van der Waals surface area contributed by atoms with Crippen molar-refractivity contribution >= 4 is 5.91 Å². The van der Waals surface area contributed by atoms with Crippen molar-refractivity contribution in [2.75, 3.05) is 13.1 Å². The molecule has 4 fully saturated rings. The van der Waals surface area contributed by atoms with Gasteiger partial charge < -0.3 is 15.1 Å². The van der Waals surface area contributed by atoms with E-state index in [1.807, 2.05) is 6.08 Å².